The summed E-state index contributed by atoms with van der Waals surface area (Å²) in [4.78, 5) is 16.8. The van der Waals surface area contributed by atoms with Crippen molar-refractivity contribution >= 4 is 7.82 Å². The van der Waals surface area contributed by atoms with Gasteiger partial charge in [-0.1, -0.05) is 6.08 Å². The Kier molecular flexibility index (Phi) is 1.94. The molecule has 64 valence electrons. The van der Waals surface area contributed by atoms with E-state index in [1.165, 1.54) is 6.08 Å². The van der Waals surface area contributed by atoms with Crippen LogP contribution in [0.2, 0.25) is 0 Å². The zero-order chi connectivity index (χ0) is 8.70. The minimum atomic E-state index is -4.45. The van der Waals surface area contributed by atoms with Gasteiger partial charge in [-0.25, -0.2) is 4.57 Å². The summed E-state index contributed by atoms with van der Waals surface area (Å²) < 4.78 is 14.6. The van der Waals surface area contributed by atoms with Crippen molar-refractivity contribution in [2.24, 2.45) is 11.7 Å². The maximum absolute atomic E-state index is 10.3. The summed E-state index contributed by atoms with van der Waals surface area (Å²) in [7, 11) is -4.45. The van der Waals surface area contributed by atoms with Gasteiger partial charge in [0.05, 0.1) is 0 Å². The van der Waals surface area contributed by atoms with Gasteiger partial charge in [0.1, 0.15) is 5.72 Å². The second-order valence-corrected chi connectivity index (χ2v) is 3.75. The SMILES string of the molecule is C=CC1CC1(N)OP(=O)(O)O. The molecule has 6 heteroatoms. The van der Waals surface area contributed by atoms with E-state index in [-0.39, 0.29) is 5.92 Å². The Morgan fingerprint density at radius 2 is 2.36 bits per heavy atom. The summed E-state index contributed by atoms with van der Waals surface area (Å²) in [6.07, 6.45) is 1.94. The first-order chi connectivity index (χ1) is 4.87. The molecular formula is C5H10NO4P. The fourth-order valence-electron chi connectivity index (χ4n) is 0.894. The van der Waals surface area contributed by atoms with Gasteiger partial charge in [-0.3, -0.25) is 4.52 Å². The largest absolute Gasteiger partial charge is 0.471 e. The molecule has 0 aromatic carbocycles. The van der Waals surface area contributed by atoms with E-state index in [4.69, 9.17) is 15.5 Å². The van der Waals surface area contributed by atoms with Crippen molar-refractivity contribution in [2.45, 2.75) is 12.1 Å². The smallest absolute Gasteiger partial charge is 0.303 e. The maximum Gasteiger partial charge on any atom is 0.471 e. The third-order valence-electron chi connectivity index (χ3n) is 1.58. The van der Waals surface area contributed by atoms with Crippen LogP contribution in [-0.2, 0) is 9.09 Å². The predicted molar refractivity (Wildman–Crippen MR) is 38.4 cm³/mol. The molecule has 1 fully saturated rings. The van der Waals surface area contributed by atoms with Crippen molar-refractivity contribution < 1.29 is 18.9 Å². The third kappa shape index (κ3) is 2.12. The molecular weight excluding hydrogens is 169 g/mol. The first-order valence-corrected chi connectivity index (χ1v) is 4.58. The summed E-state index contributed by atoms with van der Waals surface area (Å²) in [5.74, 6) is -0.143. The van der Waals surface area contributed by atoms with Crippen LogP contribution in [0.5, 0.6) is 0 Å². The molecule has 0 radical (unpaired) electrons. The van der Waals surface area contributed by atoms with Gasteiger partial charge < -0.3 is 15.5 Å². The fourth-order valence-corrected chi connectivity index (χ4v) is 1.55. The van der Waals surface area contributed by atoms with Crippen molar-refractivity contribution in [2.75, 3.05) is 0 Å². The predicted octanol–water partition coefficient (Wildman–Crippen LogP) is -0.0434. The second-order valence-electron chi connectivity index (χ2n) is 2.58. The number of hydrogen-bond donors (Lipinski definition) is 3. The molecule has 0 spiro atoms. The van der Waals surface area contributed by atoms with Crippen molar-refractivity contribution in [3.05, 3.63) is 12.7 Å². The van der Waals surface area contributed by atoms with Crippen molar-refractivity contribution in [3.8, 4) is 0 Å². The number of rotatable bonds is 3. The lowest BCUT2D eigenvalue weighted by Gasteiger charge is -2.11. The van der Waals surface area contributed by atoms with Crippen LogP contribution in [0.25, 0.3) is 0 Å². The fraction of sp³-hybridized carbons (Fsp3) is 0.600. The summed E-state index contributed by atoms with van der Waals surface area (Å²) >= 11 is 0. The zero-order valence-corrected chi connectivity index (χ0v) is 6.70. The van der Waals surface area contributed by atoms with Crippen LogP contribution in [0, 0.1) is 5.92 Å². The van der Waals surface area contributed by atoms with E-state index in [0.29, 0.717) is 6.42 Å². The molecule has 0 heterocycles. The highest BCUT2D eigenvalue weighted by Crippen LogP contribution is 2.53. The Balaban J connectivity index is 2.53. The molecule has 2 atom stereocenters. The van der Waals surface area contributed by atoms with Crippen LogP contribution >= 0.6 is 7.82 Å². The average Bonchev–Trinajstić information content (AvgIpc) is 2.36. The second kappa shape index (κ2) is 2.40. The van der Waals surface area contributed by atoms with E-state index < -0.39 is 13.5 Å². The quantitative estimate of drug-likeness (QED) is 0.321. The van der Waals surface area contributed by atoms with Crippen molar-refractivity contribution in [1.82, 2.24) is 0 Å². The summed E-state index contributed by atoms with van der Waals surface area (Å²) in [5.41, 5.74) is 4.22. The third-order valence-corrected chi connectivity index (χ3v) is 2.16. The molecule has 0 aromatic rings. The minimum absolute atomic E-state index is 0.143. The molecule has 11 heavy (non-hydrogen) atoms. The first-order valence-electron chi connectivity index (χ1n) is 3.05. The van der Waals surface area contributed by atoms with Crippen LogP contribution in [0.3, 0.4) is 0 Å². The first kappa shape index (κ1) is 8.90. The van der Waals surface area contributed by atoms with Gasteiger partial charge in [0, 0.05) is 12.3 Å². The van der Waals surface area contributed by atoms with Crippen LogP contribution in [0.15, 0.2) is 12.7 Å². The molecule has 0 aliphatic heterocycles. The summed E-state index contributed by atoms with van der Waals surface area (Å²) in [5, 5.41) is 0. The summed E-state index contributed by atoms with van der Waals surface area (Å²) in [6.45, 7) is 3.44. The number of phosphoric acid groups is 1. The number of phosphoric ester groups is 1. The van der Waals surface area contributed by atoms with Gasteiger partial charge in [-0.05, 0) is 0 Å². The molecule has 5 nitrogen and oxygen atoms in total. The van der Waals surface area contributed by atoms with Crippen LogP contribution < -0.4 is 5.73 Å². The topological polar surface area (TPSA) is 92.8 Å². The zero-order valence-electron chi connectivity index (χ0n) is 5.80. The van der Waals surface area contributed by atoms with Gasteiger partial charge in [0.25, 0.3) is 0 Å². The lowest BCUT2D eigenvalue weighted by atomic mass is 10.4. The van der Waals surface area contributed by atoms with Gasteiger partial charge in [-0.2, -0.15) is 0 Å². The highest BCUT2D eigenvalue weighted by Gasteiger charge is 2.54. The van der Waals surface area contributed by atoms with Gasteiger partial charge in [0.15, 0.2) is 0 Å². The van der Waals surface area contributed by atoms with Crippen LogP contribution in [-0.4, -0.2) is 15.5 Å². The van der Waals surface area contributed by atoms with E-state index in [2.05, 4.69) is 11.1 Å². The molecule has 1 rings (SSSR count). The van der Waals surface area contributed by atoms with Gasteiger partial charge in [0.2, 0.25) is 0 Å². The van der Waals surface area contributed by atoms with Crippen molar-refractivity contribution in [3.63, 3.8) is 0 Å². The maximum atomic E-state index is 10.3. The molecule has 2 unspecified atom stereocenters. The molecule has 4 N–H and O–H groups in total. The molecule has 1 aliphatic carbocycles. The average molecular weight is 179 g/mol. The Labute approximate surface area is 64.1 Å². The summed E-state index contributed by atoms with van der Waals surface area (Å²) in [6, 6.07) is 0. The Morgan fingerprint density at radius 3 is 2.64 bits per heavy atom. The Hall–Kier alpha value is -0.190. The Morgan fingerprint density at radius 1 is 1.82 bits per heavy atom. The molecule has 0 aromatic heterocycles. The molecule has 0 amide bonds. The Bertz CT molecular complexity index is 225. The van der Waals surface area contributed by atoms with Crippen LogP contribution in [0.1, 0.15) is 6.42 Å². The van der Waals surface area contributed by atoms with E-state index >= 15 is 0 Å². The lowest BCUT2D eigenvalue weighted by molar-refractivity contribution is 0.113. The minimum Gasteiger partial charge on any atom is -0.303 e. The van der Waals surface area contributed by atoms with E-state index in [0.717, 1.165) is 0 Å². The number of hydrogen-bond acceptors (Lipinski definition) is 3. The van der Waals surface area contributed by atoms with E-state index in [1.54, 1.807) is 0 Å². The molecule has 1 saturated carbocycles. The van der Waals surface area contributed by atoms with Crippen LogP contribution in [0.4, 0.5) is 0 Å². The lowest BCUT2D eigenvalue weighted by Crippen LogP contribution is -2.26. The standard InChI is InChI=1S/C5H10NO4P/c1-2-4-3-5(4,6)10-11(7,8)9/h2,4H,1,3,6H2,(H2,7,8,9). The van der Waals surface area contributed by atoms with Gasteiger partial charge >= 0.3 is 7.82 Å². The van der Waals surface area contributed by atoms with E-state index in [9.17, 15) is 4.57 Å². The highest BCUT2D eigenvalue weighted by molar-refractivity contribution is 7.46. The van der Waals surface area contributed by atoms with Crippen molar-refractivity contribution in [1.29, 1.82) is 0 Å². The van der Waals surface area contributed by atoms with Gasteiger partial charge in [-0.15, -0.1) is 6.58 Å². The molecule has 0 saturated heterocycles. The molecule has 0 bridgehead atoms. The normalized spacial score (nSPS) is 36.8. The van der Waals surface area contributed by atoms with E-state index in [1.807, 2.05) is 0 Å². The highest BCUT2D eigenvalue weighted by atomic mass is 31.2. The monoisotopic (exact) mass is 179 g/mol. The molecule has 1 aliphatic rings. The number of nitrogens with two attached hydrogens (primary N) is 1.